The number of nitrogens with zero attached hydrogens (tertiary/aromatic N) is 2. The minimum atomic E-state index is 0.394. The summed E-state index contributed by atoms with van der Waals surface area (Å²) in [6, 6.07) is 28.7. The van der Waals surface area contributed by atoms with Gasteiger partial charge in [0.1, 0.15) is 0 Å². The smallest absolute Gasteiger partial charge is 0.0780 e. The predicted octanol–water partition coefficient (Wildman–Crippen LogP) is 10.4. The minimum absolute atomic E-state index is 0.394. The van der Waals surface area contributed by atoms with Gasteiger partial charge in [0.05, 0.1) is 16.7 Å². The Morgan fingerprint density at radius 2 is 1.64 bits per heavy atom. The van der Waals surface area contributed by atoms with Crippen LogP contribution in [0, 0.1) is 5.92 Å². The van der Waals surface area contributed by atoms with Crippen molar-refractivity contribution in [3.8, 4) is 22.3 Å². The van der Waals surface area contributed by atoms with E-state index in [1.165, 1.54) is 51.6 Å². The zero-order valence-corrected chi connectivity index (χ0v) is 23.6. The standard InChI is InChI=1S/C40H32N2/c1-2-8-27(9-3-1)33-21-22-36-37(26-38(42-39(36)25-33)34-20-15-28-10-4-5-11-32(28)24-34)30-18-16-29(17-19-30)35-14-6-12-31-13-7-23-41-40(31)35/h1-3,5-8,11-14,16-28H,4,9-10,15H2/t27-,28?/m0/s1. The van der Waals surface area contributed by atoms with Crippen molar-refractivity contribution in [3.63, 3.8) is 0 Å². The van der Waals surface area contributed by atoms with Crippen molar-refractivity contribution >= 4 is 27.4 Å². The van der Waals surface area contributed by atoms with Crippen LogP contribution in [0.5, 0.6) is 0 Å². The largest absolute Gasteiger partial charge is 0.256 e. The maximum absolute atomic E-state index is 5.29. The van der Waals surface area contributed by atoms with Crippen molar-refractivity contribution in [2.24, 2.45) is 5.92 Å². The van der Waals surface area contributed by atoms with Gasteiger partial charge in [-0.15, -0.1) is 0 Å². The van der Waals surface area contributed by atoms with Crippen molar-refractivity contribution in [2.45, 2.75) is 31.6 Å². The monoisotopic (exact) mass is 540 g/mol. The second-order valence-corrected chi connectivity index (χ2v) is 11.7. The second kappa shape index (κ2) is 10.5. The van der Waals surface area contributed by atoms with Crippen LogP contribution in [0.15, 0.2) is 139 Å². The minimum Gasteiger partial charge on any atom is -0.256 e. The summed E-state index contributed by atoms with van der Waals surface area (Å²) in [6.45, 7) is 0. The Labute approximate surface area is 247 Å². The summed E-state index contributed by atoms with van der Waals surface area (Å²) in [5, 5.41) is 2.35. The molecular weight excluding hydrogens is 508 g/mol. The van der Waals surface area contributed by atoms with E-state index < -0.39 is 0 Å². The number of hydrogen-bond donors (Lipinski definition) is 0. The van der Waals surface area contributed by atoms with Crippen molar-refractivity contribution in [3.05, 3.63) is 150 Å². The third kappa shape index (κ3) is 4.54. The summed E-state index contributed by atoms with van der Waals surface area (Å²) >= 11 is 0. The van der Waals surface area contributed by atoms with E-state index in [1.54, 1.807) is 0 Å². The molecule has 0 saturated heterocycles. The van der Waals surface area contributed by atoms with Gasteiger partial charge < -0.3 is 0 Å². The van der Waals surface area contributed by atoms with Crippen LogP contribution in [0.3, 0.4) is 0 Å². The molecule has 202 valence electrons. The molecule has 2 aromatic heterocycles. The van der Waals surface area contributed by atoms with E-state index in [2.05, 4.69) is 126 Å². The molecule has 3 aliphatic carbocycles. The third-order valence-electron chi connectivity index (χ3n) is 9.09. The Morgan fingerprint density at radius 3 is 2.52 bits per heavy atom. The van der Waals surface area contributed by atoms with Gasteiger partial charge in [-0.1, -0.05) is 103 Å². The van der Waals surface area contributed by atoms with E-state index in [0.717, 1.165) is 40.5 Å². The first-order chi connectivity index (χ1) is 20.8. The molecule has 0 saturated carbocycles. The molecule has 0 bridgehead atoms. The molecule has 2 nitrogen and oxygen atoms in total. The Bertz CT molecular complexity index is 1980. The van der Waals surface area contributed by atoms with Gasteiger partial charge in [0.25, 0.3) is 0 Å². The van der Waals surface area contributed by atoms with Gasteiger partial charge in [-0.3, -0.25) is 4.98 Å². The highest BCUT2D eigenvalue weighted by Crippen LogP contribution is 2.39. The normalized spacial score (nSPS) is 19.5. The molecule has 8 rings (SSSR count). The molecular formula is C40H32N2. The highest BCUT2D eigenvalue weighted by Gasteiger charge is 2.21. The Balaban J connectivity index is 1.25. The summed E-state index contributed by atoms with van der Waals surface area (Å²) in [7, 11) is 0. The molecule has 0 aliphatic heterocycles. The zero-order valence-electron chi connectivity index (χ0n) is 23.6. The lowest BCUT2D eigenvalue weighted by molar-refractivity contribution is 0.567. The molecule has 2 atom stereocenters. The quantitative estimate of drug-likeness (QED) is 0.227. The average molecular weight is 541 g/mol. The molecule has 3 aliphatic rings. The number of pyridine rings is 2. The lowest BCUT2D eigenvalue weighted by atomic mass is 9.81. The SMILES string of the molecule is C1=CC[C@@H](c2ccc3c(-c4ccc(-c5cccc6cccnc56)cc4)cc(C4=CCC5CCC=CC5=C4)nc3c2)C=C1. The predicted molar refractivity (Wildman–Crippen MR) is 176 cm³/mol. The van der Waals surface area contributed by atoms with Crippen molar-refractivity contribution in [1.29, 1.82) is 0 Å². The number of aromatic nitrogens is 2. The summed E-state index contributed by atoms with van der Waals surface area (Å²) < 4.78 is 0. The van der Waals surface area contributed by atoms with Crippen LogP contribution in [-0.4, -0.2) is 9.97 Å². The molecule has 2 heterocycles. The third-order valence-corrected chi connectivity index (χ3v) is 9.09. The van der Waals surface area contributed by atoms with Crippen LogP contribution in [0.4, 0.5) is 0 Å². The summed E-state index contributed by atoms with van der Waals surface area (Å²) in [5.74, 6) is 1.04. The van der Waals surface area contributed by atoms with Gasteiger partial charge in [0.15, 0.2) is 0 Å². The molecule has 3 aromatic carbocycles. The van der Waals surface area contributed by atoms with Gasteiger partial charge in [-0.05, 0) is 89.3 Å². The number of para-hydroxylation sites is 1. The van der Waals surface area contributed by atoms with E-state index in [0.29, 0.717) is 11.8 Å². The van der Waals surface area contributed by atoms with Crippen LogP contribution >= 0.6 is 0 Å². The lowest BCUT2D eigenvalue weighted by Crippen LogP contribution is -2.09. The number of fused-ring (bicyclic) bond motifs is 3. The van der Waals surface area contributed by atoms with Gasteiger partial charge >= 0.3 is 0 Å². The fraction of sp³-hybridized carbons (Fsp3) is 0.150. The van der Waals surface area contributed by atoms with E-state index in [4.69, 9.17) is 4.98 Å². The van der Waals surface area contributed by atoms with E-state index in [1.807, 2.05) is 12.3 Å². The van der Waals surface area contributed by atoms with Crippen molar-refractivity contribution < 1.29 is 0 Å². The first kappa shape index (κ1) is 24.9. The van der Waals surface area contributed by atoms with Gasteiger partial charge in [0.2, 0.25) is 0 Å². The summed E-state index contributed by atoms with van der Waals surface area (Å²) in [5.41, 5.74) is 11.9. The van der Waals surface area contributed by atoms with Crippen molar-refractivity contribution in [2.75, 3.05) is 0 Å². The van der Waals surface area contributed by atoms with Crippen LogP contribution < -0.4 is 0 Å². The average Bonchev–Trinajstić information content (AvgIpc) is 3.07. The van der Waals surface area contributed by atoms with Crippen LogP contribution in [0.1, 0.15) is 42.9 Å². The summed E-state index contributed by atoms with van der Waals surface area (Å²) in [6.07, 6.45) is 24.7. The maximum atomic E-state index is 5.29. The van der Waals surface area contributed by atoms with E-state index in [9.17, 15) is 0 Å². The Hall–Kier alpha value is -4.82. The Morgan fingerprint density at radius 1 is 0.762 bits per heavy atom. The molecule has 0 fully saturated rings. The summed E-state index contributed by atoms with van der Waals surface area (Å²) in [4.78, 5) is 9.97. The first-order valence-electron chi connectivity index (χ1n) is 15.1. The van der Waals surface area contributed by atoms with E-state index in [-0.39, 0.29) is 0 Å². The van der Waals surface area contributed by atoms with Crippen LogP contribution in [0.2, 0.25) is 0 Å². The molecule has 0 radical (unpaired) electrons. The molecule has 2 heteroatoms. The lowest BCUT2D eigenvalue weighted by Gasteiger charge is -2.24. The highest BCUT2D eigenvalue weighted by molar-refractivity contribution is 5.98. The number of allylic oxidation sites excluding steroid dienone is 10. The van der Waals surface area contributed by atoms with Crippen LogP contribution in [-0.2, 0) is 0 Å². The Kier molecular flexibility index (Phi) is 6.26. The van der Waals surface area contributed by atoms with E-state index >= 15 is 0 Å². The van der Waals surface area contributed by atoms with Gasteiger partial charge in [-0.2, -0.15) is 0 Å². The van der Waals surface area contributed by atoms with Gasteiger partial charge in [-0.25, -0.2) is 4.98 Å². The second-order valence-electron chi connectivity index (χ2n) is 11.7. The molecule has 0 N–H and O–H groups in total. The number of hydrogen-bond acceptors (Lipinski definition) is 2. The van der Waals surface area contributed by atoms with Crippen LogP contribution in [0.25, 0.3) is 49.6 Å². The molecule has 1 unspecified atom stereocenters. The molecule has 0 spiro atoms. The molecule has 0 amide bonds. The van der Waals surface area contributed by atoms with Crippen molar-refractivity contribution in [1.82, 2.24) is 9.97 Å². The maximum Gasteiger partial charge on any atom is 0.0780 e. The molecule has 5 aromatic rings. The highest BCUT2D eigenvalue weighted by atomic mass is 14.7. The van der Waals surface area contributed by atoms with Gasteiger partial charge in [0, 0.05) is 28.5 Å². The first-order valence-corrected chi connectivity index (χ1v) is 15.1. The number of rotatable bonds is 4. The fourth-order valence-corrected chi connectivity index (χ4v) is 6.78. The number of benzene rings is 3. The zero-order chi connectivity index (χ0) is 27.9. The molecule has 42 heavy (non-hydrogen) atoms. The topological polar surface area (TPSA) is 25.8 Å². The fourth-order valence-electron chi connectivity index (χ4n) is 6.78.